The van der Waals surface area contributed by atoms with Crippen LogP contribution in [0.4, 0.5) is 5.69 Å². The molecule has 3 rings (SSSR count). The second-order valence-corrected chi connectivity index (χ2v) is 5.35. The van der Waals surface area contributed by atoms with Crippen LogP contribution in [0.15, 0.2) is 61.2 Å². The molecule has 0 saturated heterocycles. The standard InChI is InChI=1S/C18H17N3O/c1-13-9-14(2)11-15(10-13)18(22)20-16-3-5-17(6-4-16)21-8-7-19-12-21/h3-12H,1-2H3,(H,20,22). The summed E-state index contributed by atoms with van der Waals surface area (Å²) in [5.41, 5.74) is 4.62. The summed E-state index contributed by atoms with van der Waals surface area (Å²) in [7, 11) is 0. The molecule has 0 saturated carbocycles. The highest BCUT2D eigenvalue weighted by atomic mass is 16.1. The number of carbonyl (C=O) groups is 1. The molecule has 0 aliphatic rings. The van der Waals surface area contributed by atoms with Gasteiger partial charge in [0.25, 0.3) is 5.91 Å². The molecule has 110 valence electrons. The second-order valence-electron chi connectivity index (χ2n) is 5.35. The minimum Gasteiger partial charge on any atom is -0.322 e. The van der Waals surface area contributed by atoms with Crippen LogP contribution in [0.3, 0.4) is 0 Å². The van der Waals surface area contributed by atoms with E-state index in [9.17, 15) is 4.79 Å². The number of aromatic nitrogens is 2. The predicted molar refractivity (Wildman–Crippen MR) is 87.4 cm³/mol. The zero-order valence-electron chi connectivity index (χ0n) is 12.6. The lowest BCUT2D eigenvalue weighted by atomic mass is 10.1. The Bertz CT molecular complexity index is 769. The number of imidazole rings is 1. The molecule has 0 unspecified atom stereocenters. The zero-order chi connectivity index (χ0) is 15.5. The van der Waals surface area contributed by atoms with E-state index in [1.54, 1.807) is 12.5 Å². The normalized spacial score (nSPS) is 10.5. The molecule has 1 heterocycles. The second kappa shape index (κ2) is 5.85. The van der Waals surface area contributed by atoms with Gasteiger partial charge in [0, 0.05) is 29.3 Å². The predicted octanol–water partition coefficient (Wildman–Crippen LogP) is 3.74. The number of carbonyl (C=O) groups excluding carboxylic acids is 1. The number of nitrogens with zero attached hydrogens (tertiary/aromatic N) is 2. The Morgan fingerprint density at radius 1 is 1.05 bits per heavy atom. The topological polar surface area (TPSA) is 46.9 Å². The number of nitrogens with one attached hydrogen (secondary N) is 1. The Hall–Kier alpha value is -2.88. The Kier molecular flexibility index (Phi) is 3.74. The van der Waals surface area contributed by atoms with E-state index < -0.39 is 0 Å². The van der Waals surface area contributed by atoms with Crippen molar-refractivity contribution in [2.24, 2.45) is 0 Å². The van der Waals surface area contributed by atoms with E-state index in [2.05, 4.69) is 16.4 Å². The van der Waals surface area contributed by atoms with Crippen molar-refractivity contribution in [1.82, 2.24) is 9.55 Å². The Balaban J connectivity index is 1.76. The average Bonchev–Trinajstić information content (AvgIpc) is 3.01. The van der Waals surface area contributed by atoms with E-state index >= 15 is 0 Å². The number of amides is 1. The molecule has 3 aromatic rings. The van der Waals surface area contributed by atoms with Crippen LogP contribution in [0.1, 0.15) is 21.5 Å². The number of anilines is 1. The van der Waals surface area contributed by atoms with Crippen LogP contribution in [0.5, 0.6) is 0 Å². The smallest absolute Gasteiger partial charge is 0.255 e. The van der Waals surface area contributed by atoms with Crippen molar-refractivity contribution in [2.45, 2.75) is 13.8 Å². The summed E-state index contributed by atoms with van der Waals surface area (Å²) in [6.07, 6.45) is 5.35. The van der Waals surface area contributed by atoms with Gasteiger partial charge in [-0.1, -0.05) is 17.2 Å². The van der Waals surface area contributed by atoms with Crippen molar-refractivity contribution >= 4 is 11.6 Å². The highest BCUT2D eigenvalue weighted by Crippen LogP contribution is 2.15. The highest BCUT2D eigenvalue weighted by Gasteiger charge is 2.07. The fourth-order valence-corrected chi connectivity index (χ4v) is 2.44. The lowest BCUT2D eigenvalue weighted by Gasteiger charge is -2.08. The average molecular weight is 291 g/mol. The molecule has 0 atom stereocenters. The number of benzene rings is 2. The van der Waals surface area contributed by atoms with Gasteiger partial charge in [-0.3, -0.25) is 4.79 Å². The van der Waals surface area contributed by atoms with Crippen molar-refractivity contribution in [3.63, 3.8) is 0 Å². The van der Waals surface area contributed by atoms with Crippen molar-refractivity contribution in [3.05, 3.63) is 77.9 Å². The largest absolute Gasteiger partial charge is 0.322 e. The van der Waals surface area contributed by atoms with Crippen LogP contribution < -0.4 is 5.32 Å². The van der Waals surface area contributed by atoms with Gasteiger partial charge in [-0.2, -0.15) is 0 Å². The Morgan fingerprint density at radius 3 is 2.32 bits per heavy atom. The molecule has 0 bridgehead atoms. The number of rotatable bonds is 3. The summed E-state index contributed by atoms with van der Waals surface area (Å²) < 4.78 is 1.91. The quantitative estimate of drug-likeness (QED) is 0.799. The molecule has 0 spiro atoms. The maximum absolute atomic E-state index is 12.3. The minimum atomic E-state index is -0.0952. The molecule has 1 amide bonds. The lowest BCUT2D eigenvalue weighted by molar-refractivity contribution is 0.102. The SMILES string of the molecule is Cc1cc(C)cc(C(=O)Nc2ccc(-n3ccnc3)cc2)c1. The summed E-state index contributed by atoms with van der Waals surface area (Å²) in [4.78, 5) is 16.3. The van der Waals surface area contributed by atoms with Crippen LogP contribution in [0.25, 0.3) is 5.69 Å². The van der Waals surface area contributed by atoms with E-state index in [1.807, 2.05) is 61.0 Å². The Morgan fingerprint density at radius 2 is 1.73 bits per heavy atom. The van der Waals surface area contributed by atoms with Gasteiger partial charge in [-0.05, 0) is 50.2 Å². The molecular weight excluding hydrogens is 274 g/mol. The molecular formula is C18H17N3O. The van der Waals surface area contributed by atoms with Gasteiger partial charge in [-0.15, -0.1) is 0 Å². The zero-order valence-corrected chi connectivity index (χ0v) is 12.6. The van der Waals surface area contributed by atoms with Crippen LogP contribution >= 0.6 is 0 Å². The van der Waals surface area contributed by atoms with Gasteiger partial charge in [0.05, 0.1) is 6.33 Å². The minimum absolute atomic E-state index is 0.0952. The summed E-state index contributed by atoms with van der Waals surface area (Å²) in [6.45, 7) is 3.98. The number of aryl methyl sites for hydroxylation is 2. The van der Waals surface area contributed by atoms with Crippen molar-refractivity contribution < 1.29 is 4.79 Å². The molecule has 0 radical (unpaired) electrons. The summed E-state index contributed by atoms with van der Waals surface area (Å²) in [6, 6.07) is 13.5. The first-order chi connectivity index (χ1) is 10.6. The molecule has 1 N–H and O–H groups in total. The fourth-order valence-electron chi connectivity index (χ4n) is 2.44. The molecule has 4 nitrogen and oxygen atoms in total. The molecule has 1 aromatic heterocycles. The molecule has 0 aliphatic heterocycles. The van der Waals surface area contributed by atoms with Gasteiger partial charge >= 0.3 is 0 Å². The maximum atomic E-state index is 12.3. The van der Waals surface area contributed by atoms with Crippen molar-refractivity contribution in [3.8, 4) is 5.69 Å². The van der Waals surface area contributed by atoms with Crippen molar-refractivity contribution in [1.29, 1.82) is 0 Å². The Labute approximate surface area is 129 Å². The summed E-state index contributed by atoms with van der Waals surface area (Å²) >= 11 is 0. The van der Waals surface area contributed by atoms with Crippen LogP contribution in [0, 0.1) is 13.8 Å². The highest BCUT2D eigenvalue weighted by molar-refractivity contribution is 6.04. The third-order valence-electron chi connectivity index (χ3n) is 3.41. The van der Waals surface area contributed by atoms with Crippen LogP contribution in [0.2, 0.25) is 0 Å². The molecule has 0 fully saturated rings. The number of hydrogen-bond acceptors (Lipinski definition) is 2. The first-order valence-electron chi connectivity index (χ1n) is 7.10. The monoisotopic (exact) mass is 291 g/mol. The van der Waals surface area contributed by atoms with E-state index in [1.165, 1.54) is 0 Å². The van der Waals surface area contributed by atoms with E-state index in [-0.39, 0.29) is 5.91 Å². The van der Waals surface area contributed by atoms with E-state index in [0.29, 0.717) is 5.56 Å². The first kappa shape index (κ1) is 14.1. The third-order valence-corrected chi connectivity index (χ3v) is 3.41. The van der Waals surface area contributed by atoms with E-state index in [4.69, 9.17) is 0 Å². The number of hydrogen-bond donors (Lipinski definition) is 1. The molecule has 2 aromatic carbocycles. The third kappa shape index (κ3) is 3.06. The first-order valence-corrected chi connectivity index (χ1v) is 7.10. The van der Waals surface area contributed by atoms with Crippen LogP contribution in [-0.4, -0.2) is 15.5 Å². The van der Waals surface area contributed by atoms with Crippen molar-refractivity contribution in [2.75, 3.05) is 5.32 Å². The lowest BCUT2D eigenvalue weighted by Crippen LogP contribution is -2.12. The van der Waals surface area contributed by atoms with Crippen LogP contribution in [-0.2, 0) is 0 Å². The van der Waals surface area contributed by atoms with Gasteiger partial charge in [0.15, 0.2) is 0 Å². The molecule has 0 aliphatic carbocycles. The van der Waals surface area contributed by atoms with Gasteiger partial charge in [0.2, 0.25) is 0 Å². The summed E-state index contributed by atoms with van der Waals surface area (Å²) in [5.74, 6) is -0.0952. The van der Waals surface area contributed by atoms with Gasteiger partial charge in [0.1, 0.15) is 0 Å². The molecule has 4 heteroatoms. The van der Waals surface area contributed by atoms with Gasteiger partial charge < -0.3 is 9.88 Å². The van der Waals surface area contributed by atoms with E-state index in [0.717, 1.165) is 22.5 Å². The molecule has 22 heavy (non-hydrogen) atoms. The van der Waals surface area contributed by atoms with Gasteiger partial charge in [-0.25, -0.2) is 4.98 Å². The fraction of sp³-hybridized carbons (Fsp3) is 0.111. The maximum Gasteiger partial charge on any atom is 0.255 e. The summed E-state index contributed by atoms with van der Waals surface area (Å²) in [5, 5.41) is 2.92.